The van der Waals surface area contributed by atoms with Crippen LogP contribution in [0.3, 0.4) is 0 Å². The minimum Gasteiger partial charge on any atom is -0.336 e. The summed E-state index contributed by atoms with van der Waals surface area (Å²) in [6.45, 7) is 5.34. The van der Waals surface area contributed by atoms with Gasteiger partial charge < -0.3 is 14.8 Å². The number of piperazine rings is 1. The molecule has 2 fully saturated rings. The molecule has 2 aliphatic rings. The molecule has 0 spiro atoms. The molecule has 1 saturated carbocycles. The minimum atomic E-state index is 0.498. The quantitative estimate of drug-likeness (QED) is 0.857. The molecular weight excluding hydrogens is 226 g/mol. The average Bonchev–Trinajstić information content (AvgIpc) is 2.99. The van der Waals surface area contributed by atoms with Gasteiger partial charge in [-0.1, -0.05) is 12.8 Å². The summed E-state index contributed by atoms with van der Waals surface area (Å²) < 4.78 is 2.22. The number of hydrogen-bond donors (Lipinski definition) is 1. The third-order valence-corrected chi connectivity index (χ3v) is 4.36. The lowest BCUT2D eigenvalue weighted by molar-refractivity contribution is 0.486. The van der Waals surface area contributed by atoms with E-state index in [2.05, 4.69) is 39.0 Å². The van der Waals surface area contributed by atoms with Crippen LogP contribution in [0.2, 0.25) is 0 Å². The van der Waals surface area contributed by atoms with Gasteiger partial charge in [-0.05, 0) is 19.8 Å². The first-order chi connectivity index (χ1) is 8.77. The largest absolute Gasteiger partial charge is 0.336 e. The van der Waals surface area contributed by atoms with Gasteiger partial charge in [0.1, 0.15) is 5.82 Å². The van der Waals surface area contributed by atoms with Crippen molar-refractivity contribution < 1.29 is 0 Å². The fourth-order valence-corrected chi connectivity index (χ4v) is 3.26. The van der Waals surface area contributed by atoms with E-state index in [0.29, 0.717) is 12.0 Å². The highest BCUT2D eigenvalue weighted by molar-refractivity contribution is 5.34. The predicted molar refractivity (Wildman–Crippen MR) is 71.9 cm³/mol. The van der Waals surface area contributed by atoms with Crippen LogP contribution >= 0.6 is 0 Å². The van der Waals surface area contributed by atoms with Gasteiger partial charge in [0.25, 0.3) is 0 Å². The maximum Gasteiger partial charge on any atom is 0.227 e. The number of rotatable bonds is 2. The molecule has 1 aliphatic heterocycles. The molecule has 1 N–H and O–H groups in total. The lowest BCUT2D eigenvalue weighted by atomic mass is 10.1. The molecule has 2 heterocycles. The molecule has 3 rings (SSSR count). The van der Waals surface area contributed by atoms with Crippen molar-refractivity contribution in [2.24, 2.45) is 7.05 Å². The van der Waals surface area contributed by atoms with E-state index in [1.54, 1.807) is 0 Å². The molecule has 0 amide bonds. The summed E-state index contributed by atoms with van der Waals surface area (Å²) >= 11 is 0. The van der Waals surface area contributed by atoms with Crippen molar-refractivity contribution in [2.45, 2.75) is 44.6 Å². The van der Waals surface area contributed by atoms with Crippen molar-refractivity contribution in [1.29, 1.82) is 0 Å². The molecule has 0 radical (unpaired) electrons. The zero-order chi connectivity index (χ0) is 12.5. The molecule has 1 aromatic rings. The van der Waals surface area contributed by atoms with Crippen LogP contribution in [0.15, 0.2) is 0 Å². The van der Waals surface area contributed by atoms with E-state index in [1.807, 2.05) is 0 Å². The standard InChI is InChI=1S/C13H23N5/c1-10-9-14-7-8-18(10)13-16-15-12(17(13)2)11-5-3-4-6-11/h10-11,14H,3-9H2,1-2H3. The zero-order valence-corrected chi connectivity index (χ0v) is 11.4. The topological polar surface area (TPSA) is 46.0 Å². The highest BCUT2D eigenvalue weighted by Gasteiger charge is 2.27. The Morgan fingerprint density at radius 3 is 2.72 bits per heavy atom. The summed E-state index contributed by atoms with van der Waals surface area (Å²) in [6, 6.07) is 0.498. The number of anilines is 1. The number of hydrogen-bond acceptors (Lipinski definition) is 4. The van der Waals surface area contributed by atoms with Crippen LogP contribution in [0.5, 0.6) is 0 Å². The number of nitrogens with one attached hydrogen (secondary N) is 1. The Morgan fingerprint density at radius 2 is 2.00 bits per heavy atom. The second-order valence-electron chi connectivity index (χ2n) is 5.65. The fourth-order valence-electron chi connectivity index (χ4n) is 3.26. The first-order valence-corrected chi connectivity index (χ1v) is 7.14. The molecule has 1 atom stereocenters. The van der Waals surface area contributed by atoms with Gasteiger partial charge in [-0.25, -0.2) is 0 Å². The van der Waals surface area contributed by atoms with Crippen LogP contribution in [-0.4, -0.2) is 40.4 Å². The molecule has 100 valence electrons. The molecule has 5 nitrogen and oxygen atoms in total. The van der Waals surface area contributed by atoms with Crippen molar-refractivity contribution in [3.05, 3.63) is 5.82 Å². The van der Waals surface area contributed by atoms with E-state index in [-0.39, 0.29) is 0 Å². The first-order valence-electron chi connectivity index (χ1n) is 7.14. The summed E-state index contributed by atoms with van der Waals surface area (Å²) in [6.07, 6.45) is 5.25. The second kappa shape index (κ2) is 4.88. The van der Waals surface area contributed by atoms with Gasteiger partial charge in [0.2, 0.25) is 5.95 Å². The van der Waals surface area contributed by atoms with Crippen molar-refractivity contribution in [1.82, 2.24) is 20.1 Å². The van der Waals surface area contributed by atoms with Gasteiger partial charge >= 0.3 is 0 Å². The van der Waals surface area contributed by atoms with Crippen LogP contribution in [0, 0.1) is 0 Å². The number of aromatic nitrogens is 3. The highest BCUT2D eigenvalue weighted by Crippen LogP contribution is 2.34. The average molecular weight is 249 g/mol. The molecule has 0 aromatic carbocycles. The Morgan fingerprint density at radius 1 is 1.22 bits per heavy atom. The Kier molecular flexibility index (Phi) is 3.24. The summed E-state index contributed by atoms with van der Waals surface area (Å²) in [5.41, 5.74) is 0. The van der Waals surface area contributed by atoms with Crippen LogP contribution in [0.4, 0.5) is 5.95 Å². The van der Waals surface area contributed by atoms with Crippen molar-refractivity contribution in [3.8, 4) is 0 Å². The normalized spacial score (nSPS) is 25.9. The fraction of sp³-hybridized carbons (Fsp3) is 0.846. The smallest absolute Gasteiger partial charge is 0.227 e. The predicted octanol–water partition coefficient (Wildman–Crippen LogP) is 1.27. The summed E-state index contributed by atoms with van der Waals surface area (Å²) in [4.78, 5) is 2.38. The van der Waals surface area contributed by atoms with Gasteiger partial charge in [-0.3, -0.25) is 0 Å². The van der Waals surface area contributed by atoms with Gasteiger partial charge in [0, 0.05) is 38.6 Å². The van der Waals surface area contributed by atoms with Gasteiger partial charge in [-0.15, -0.1) is 10.2 Å². The van der Waals surface area contributed by atoms with Crippen LogP contribution in [0.25, 0.3) is 0 Å². The lowest BCUT2D eigenvalue weighted by Crippen LogP contribution is -2.50. The molecule has 1 aromatic heterocycles. The summed E-state index contributed by atoms with van der Waals surface area (Å²) in [5.74, 6) is 2.87. The Balaban J connectivity index is 1.84. The molecule has 18 heavy (non-hydrogen) atoms. The van der Waals surface area contributed by atoms with E-state index in [1.165, 1.54) is 31.5 Å². The first kappa shape index (κ1) is 12.0. The van der Waals surface area contributed by atoms with E-state index >= 15 is 0 Å². The molecule has 5 heteroatoms. The van der Waals surface area contributed by atoms with Crippen LogP contribution < -0.4 is 10.2 Å². The van der Waals surface area contributed by atoms with E-state index in [4.69, 9.17) is 0 Å². The SMILES string of the molecule is CC1CNCCN1c1nnc(C2CCCC2)n1C. The summed E-state index contributed by atoms with van der Waals surface area (Å²) in [7, 11) is 2.12. The third kappa shape index (κ3) is 2.00. The molecular formula is C13H23N5. The Labute approximate surface area is 109 Å². The maximum absolute atomic E-state index is 4.46. The molecule has 1 unspecified atom stereocenters. The molecule has 1 aliphatic carbocycles. The zero-order valence-electron chi connectivity index (χ0n) is 11.4. The minimum absolute atomic E-state index is 0.498. The van der Waals surface area contributed by atoms with Crippen molar-refractivity contribution in [3.63, 3.8) is 0 Å². The Hall–Kier alpha value is -1.10. The van der Waals surface area contributed by atoms with Crippen LogP contribution in [-0.2, 0) is 7.05 Å². The van der Waals surface area contributed by atoms with E-state index in [9.17, 15) is 0 Å². The molecule has 1 saturated heterocycles. The van der Waals surface area contributed by atoms with Crippen LogP contribution in [0.1, 0.15) is 44.3 Å². The number of nitrogens with zero attached hydrogens (tertiary/aromatic N) is 4. The van der Waals surface area contributed by atoms with Crippen molar-refractivity contribution in [2.75, 3.05) is 24.5 Å². The third-order valence-electron chi connectivity index (χ3n) is 4.36. The maximum atomic E-state index is 4.46. The van der Waals surface area contributed by atoms with Crippen molar-refractivity contribution >= 4 is 5.95 Å². The highest BCUT2D eigenvalue weighted by atomic mass is 15.4. The second-order valence-corrected chi connectivity index (χ2v) is 5.65. The lowest BCUT2D eigenvalue weighted by Gasteiger charge is -2.34. The van der Waals surface area contributed by atoms with Gasteiger partial charge in [0.15, 0.2) is 0 Å². The van der Waals surface area contributed by atoms with Gasteiger partial charge in [0.05, 0.1) is 0 Å². The molecule has 0 bridgehead atoms. The monoisotopic (exact) mass is 249 g/mol. The Bertz CT molecular complexity index is 408. The van der Waals surface area contributed by atoms with E-state index in [0.717, 1.165) is 25.6 Å². The van der Waals surface area contributed by atoms with E-state index < -0.39 is 0 Å². The summed E-state index contributed by atoms with van der Waals surface area (Å²) in [5, 5.41) is 12.3. The van der Waals surface area contributed by atoms with Gasteiger partial charge in [-0.2, -0.15) is 0 Å².